The number of amides is 1. The van der Waals surface area contributed by atoms with E-state index in [1.165, 1.54) is 6.07 Å². The third-order valence-electron chi connectivity index (χ3n) is 3.62. The van der Waals surface area contributed by atoms with E-state index < -0.39 is 12.5 Å². The SMILES string of the molecule is O=C(Nc1ccccc1OCC1CCCO1)c1ccn(C(F)F)n1. The van der Waals surface area contributed by atoms with E-state index in [0.717, 1.165) is 25.6 Å². The Morgan fingerprint density at radius 2 is 2.25 bits per heavy atom. The van der Waals surface area contributed by atoms with Gasteiger partial charge in [0.15, 0.2) is 5.69 Å². The van der Waals surface area contributed by atoms with Gasteiger partial charge in [-0.2, -0.15) is 13.9 Å². The molecule has 128 valence electrons. The molecule has 0 bridgehead atoms. The molecule has 2 heterocycles. The van der Waals surface area contributed by atoms with Gasteiger partial charge in [-0.1, -0.05) is 12.1 Å². The van der Waals surface area contributed by atoms with Crippen LogP contribution in [0.1, 0.15) is 29.9 Å². The van der Waals surface area contributed by atoms with Gasteiger partial charge < -0.3 is 14.8 Å². The van der Waals surface area contributed by atoms with Crippen molar-refractivity contribution in [2.45, 2.75) is 25.5 Å². The van der Waals surface area contributed by atoms with Crippen molar-refractivity contribution in [3.05, 3.63) is 42.2 Å². The number of benzene rings is 1. The number of carbonyl (C=O) groups is 1. The molecular formula is C16H17F2N3O3. The van der Waals surface area contributed by atoms with Gasteiger partial charge in [0, 0.05) is 12.8 Å². The molecule has 2 aromatic rings. The summed E-state index contributed by atoms with van der Waals surface area (Å²) in [6.45, 7) is -1.65. The molecule has 0 aliphatic carbocycles. The van der Waals surface area contributed by atoms with Gasteiger partial charge in [-0.15, -0.1) is 0 Å². The minimum Gasteiger partial charge on any atom is -0.489 e. The van der Waals surface area contributed by atoms with Gasteiger partial charge in [0.1, 0.15) is 12.4 Å². The van der Waals surface area contributed by atoms with Crippen molar-refractivity contribution in [2.75, 3.05) is 18.5 Å². The topological polar surface area (TPSA) is 65.4 Å². The molecule has 1 N–H and O–H groups in total. The number of aromatic nitrogens is 2. The molecule has 1 amide bonds. The first kappa shape index (κ1) is 16.4. The van der Waals surface area contributed by atoms with E-state index in [1.807, 2.05) is 0 Å². The minimum absolute atomic E-state index is 0.0514. The minimum atomic E-state index is -2.78. The second-order valence-electron chi connectivity index (χ2n) is 5.35. The van der Waals surface area contributed by atoms with Crippen LogP contribution in [-0.2, 0) is 4.74 Å². The molecular weight excluding hydrogens is 320 g/mol. The summed E-state index contributed by atoms with van der Waals surface area (Å²) < 4.78 is 36.7. The molecule has 1 aromatic heterocycles. The predicted octanol–water partition coefficient (Wildman–Crippen LogP) is 3.09. The number of anilines is 1. The Hall–Kier alpha value is -2.48. The lowest BCUT2D eigenvalue weighted by Crippen LogP contribution is -2.18. The van der Waals surface area contributed by atoms with Gasteiger partial charge in [0.05, 0.1) is 11.8 Å². The molecule has 0 saturated carbocycles. The van der Waals surface area contributed by atoms with Crippen LogP contribution >= 0.6 is 0 Å². The Bertz CT molecular complexity index is 699. The van der Waals surface area contributed by atoms with Crippen LogP contribution in [0.5, 0.6) is 5.75 Å². The lowest BCUT2D eigenvalue weighted by atomic mass is 10.2. The van der Waals surface area contributed by atoms with Crippen molar-refractivity contribution in [1.82, 2.24) is 9.78 Å². The van der Waals surface area contributed by atoms with Crippen molar-refractivity contribution < 1.29 is 23.0 Å². The highest BCUT2D eigenvalue weighted by Gasteiger charge is 2.18. The van der Waals surface area contributed by atoms with E-state index in [4.69, 9.17) is 9.47 Å². The largest absolute Gasteiger partial charge is 0.489 e. The van der Waals surface area contributed by atoms with Crippen molar-refractivity contribution in [2.24, 2.45) is 0 Å². The third-order valence-corrected chi connectivity index (χ3v) is 3.62. The summed E-state index contributed by atoms with van der Waals surface area (Å²) in [5.74, 6) is -0.0859. The van der Waals surface area contributed by atoms with Crippen molar-refractivity contribution >= 4 is 11.6 Å². The molecule has 0 spiro atoms. The Labute approximate surface area is 137 Å². The zero-order chi connectivity index (χ0) is 16.9. The summed E-state index contributed by atoms with van der Waals surface area (Å²) in [5, 5.41) is 6.17. The Morgan fingerprint density at radius 1 is 1.42 bits per heavy atom. The molecule has 1 atom stereocenters. The van der Waals surface area contributed by atoms with Crippen LogP contribution in [0.3, 0.4) is 0 Å². The van der Waals surface area contributed by atoms with Crippen LogP contribution in [0, 0.1) is 0 Å². The summed E-state index contributed by atoms with van der Waals surface area (Å²) in [4.78, 5) is 12.2. The fraction of sp³-hybridized carbons (Fsp3) is 0.375. The van der Waals surface area contributed by atoms with E-state index >= 15 is 0 Å². The van der Waals surface area contributed by atoms with Gasteiger partial charge in [-0.05, 0) is 31.0 Å². The maximum Gasteiger partial charge on any atom is 0.333 e. The second kappa shape index (κ2) is 7.39. The Kier molecular flexibility index (Phi) is 5.05. The average molecular weight is 337 g/mol. The van der Waals surface area contributed by atoms with Crippen LogP contribution in [0.15, 0.2) is 36.5 Å². The van der Waals surface area contributed by atoms with Crippen molar-refractivity contribution in [3.8, 4) is 5.75 Å². The summed E-state index contributed by atoms with van der Waals surface area (Å²) >= 11 is 0. The van der Waals surface area contributed by atoms with E-state index in [9.17, 15) is 13.6 Å². The van der Waals surface area contributed by atoms with Crippen LogP contribution in [-0.4, -0.2) is 35.0 Å². The van der Waals surface area contributed by atoms with Crippen LogP contribution in [0.25, 0.3) is 0 Å². The van der Waals surface area contributed by atoms with Gasteiger partial charge in [0.25, 0.3) is 5.91 Å². The summed E-state index contributed by atoms with van der Waals surface area (Å²) in [6.07, 6.45) is 3.06. The molecule has 0 radical (unpaired) electrons. The average Bonchev–Trinajstić information content (AvgIpc) is 3.26. The normalized spacial score (nSPS) is 17.2. The molecule has 1 unspecified atom stereocenters. The summed E-state index contributed by atoms with van der Waals surface area (Å²) in [6, 6.07) is 8.16. The third kappa shape index (κ3) is 3.88. The number of para-hydroxylation sites is 2. The van der Waals surface area contributed by atoms with Crippen molar-refractivity contribution in [1.29, 1.82) is 0 Å². The lowest BCUT2D eigenvalue weighted by molar-refractivity contribution is 0.0561. The molecule has 8 heteroatoms. The van der Waals surface area contributed by atoms with E-state index in [1.54, 1.807) is 24.3 Å². The van der Waals surface area contributed by atoms with Gasteiger partial charge in [-0.25, -0.2) is 4.68 Å². The number of nitrogens with zero attached hydrogens (tertiary/aromatic N) is 2. The molecule has 1 saturated heterocycles. The smallest absolute Gasteiger partial charge is 0.333 e. The number of carbonyl (C=O) groups excluding carboxylic acids is 1. The fourth-order valence-corrected chi connectivity index (χ4v) is 2.41. The van der Waals surface area contributed by atoms with Crippen LogP contribution < -0.4 is 10.1 Å². The molecule has 1 aromatic carbocycles. The quantitative estimate of drug-likeness (QED) is 0.880. The number of ether oxygens (including phenoxy) is 2. The highest BCUT2D eigenvalue weighted by atomic mass is 19.3. The molecule has 24 heavy (non-hydrogen) atoms. The van der Waals surface area contributed by atoms with Gasteiger partial charge >= 0.3 is 6.55 Å². The van der Waals surface area contributed by atoms with E-state index in [0.29, 0.717) is 22.7 Å². The number of halogens is 2. The number of rotatable bonds is 6. The van der Waals surface area contributed by atoms with E-state index in [-0.39, 0.29) is 11.8 Å². The first-order valence-corrected chi connectivity index (χ1v) is 7.61. The lowest BCUT2D eigenvalue weighted by Gasteiger charge is -2.14. The number of hydrogen-bond acceptors (Lipinski definition) is 4. The highest BCUT2D eigenvalue weighted by molar-refractivity contribution is 6.03. The van der Waals surface area contributed by atoms with Crippen LogP contribution in [0.4, 0.5) is 14.5 Å². The first-order chi connectivity index (χ1) is 11.6. The standard InChI is InChI=1S/C16H17F2N3O3/c17-16(18)21-8-7-13(20-21)15(22)19-12-5-1-2-6-14(12)24-10-11-4-3-9-23-11/h1-2,5-8,11,16H,3-4,9-10H2,(H,19,22). The van der Waals surface area contributed by atoms with Crippen LogP contribution in [0.2, 0.25) is 0 Å². The monoisotopic (exact) mass is 337 g/mol. The molecule has 1 fully saturated rings. The maximum atomic E-state index is 12.5. The maximum absolute atomic E-state index is 12.5. The number of alkyl halides is 2. The molecule has 6 nitrogen and oxygen atoms in total. The predicted molar refractivity (Wildman–Crippen MR) is 82.3 cm³/mol. The molecule has 1 aliphatic heterocycles. The van der Waals surface area contributed by atoms with Gasteiger partial charge in [0.2, 0.25) is 0 Å². The Balaban J connectivity index is 1.66. The number of hydrogen-bond donors (Lipinski definition) is 1. The first-order valence-electron chi connectivity index (χ1n) is 7.61. The molecule has 1 aliphatic rings. The molecule has 3 rings (SSSR count). The van der Waals surface area contributed by atoms with Crippen molar-refractivity contribution in [3.63, 3.8) is 0 Å². The van der Waals surface area contributed by atoms with Gasteiger partial charge in [-0.3, -0.25) is 4.79 Å². The Morgan fingerprint density at radius 3 is 2.96 bits per heavy atom. The zero-order valence-electron chi connectivity index (χ0n) is 12.8. The zero-order valence-corrected chi connectivity index (χ0v) is 12.8. The summed E-state index contributed by atoms with van der Waals surface area (Å²) in [7, 11) is 0. The van der Waals surface area contributed by atoms with E-state index in [2.05, 4.69) is 10.4 Å². The number of nitrogens with one attached hydrogen (secondary N) is 1. The second-order valence-corrected chi connectivity index (χ2v) is 5.35. The highest BCUT2D eigenvalue weighted by Crippen LogP contribution is 2.25. The summed E-state index contributed by atoms with van der Waals surface area (Å²) in [5.41, 5.74) is 0.358. The fourth-order valence-electron chi connectivity index (χ4n) is 2.41.